The molecule has 2 N–H and O–H groups in total. The van der Waals surface area contributed by atoms with Crippen LogP contribution >= 0.6 is 0 Å². The van der Waals surface area contributed by atoms with E-state index in [1.165, 1.54) is 24.1 Å². The first-order chi connectivity index (χ1) is 10.2. The van der Waals surface area contributed by atoms with Crippen LogP contribution in [0, 0.1) is 0 Å². The highest BCUT2D eigenvalue weighted by Crippen LogP contribution is 2.29. The zero-order valence-electron chi connectivity index (χ0n) is 13.1. The lowest BCUT2D eigenvalue weighted by molar-refractivity contribution is -0.0731. The maximum atomic E-state index is 6.21. The molecule has 0 radical (unpaired) electrons. The fourth-order valence-corrected chi connectivity index (χ4v) is 3.51. The Morgan fingerprint density at radius 2 is 1.95 bits per heavy atom. The van der Waals surface area contributed by atoms with E-state index in [-0.39, 0.29) is 18.3 Å². The predicted octanol–water partition coefficient (Wildman–Crippen LogP) is 2.75. The van der Waals surface area contributed by atoms with Crippen molar-refractivity contribution in [2.24, 2.45) is 5.73 Å². The summed E-state index contributed by atoms with van der Waals surface area (Å²) in [4.78, 5) is 4.79. The Hall–Kier alpha value is -1.13. The summed E-state index contributed by atoms with van der Waals surface area (Å²) < 4.78 is 12.0. The van der Waals surface area contributed by atoms with Crippen LogP contribution in [0.25, 0.3) is 0 Å². The van der Waals surface area contributed by atoms with Crippen molar-refractivity contribution in [3.63, 3.8) is 0 Å². The molecule has 2 heterocycles. The summed E-state index contributed by atoms with van der Waals surface area (Å²) in [6.07, 6.45) is 7.21. The third kappa shape index (κ3) is 3.38. The number of fused-ring (bicyclic) bond motifs is 1. The fraction of sp³-hybridized carbons (Fsp3) is 0.706. The molecular formula is C17H26N2O2. The van der Waals surface area contributed by atoms with E-state index in [1.807, 2.05) is 0 Å². The molecule has 0 saturated carbocycles. The minimum absolute atomic E-state index is 0.184. The van der Waals surface area contributed by atoms with Gasteiger partial charge in [0.25, 0.3) is 0 Å². The molecule has 1 saturated heterocycles. The summed E-state index contributed by atoms with van der Waals surface area (Å²) in [6.45, 7) is 4.70. The first kappa shape index (κ1) is 14.8. The number of ether oxygens (including phenoxy) is 2. The zero-order valence-corrected chi connectivity index (χ0v) is 13.1. The Morgan fingerprint density at radius 1 is 1.24 bits per heavy atom. The number of aromatic nitrogens is 1. The number of nitrogens with zero attached hydrogens (tertiary/aromatic N) is 1. The Labute approximate surface area is 127 Å². The first-order valence-electron chi connectivity index (χ1n) is 8.19. The van der Waals surface area contributed by atoms with Gasteiger partial charge in [-0.3, -0.25) is 0 Å². The number of hydrogen-bond donors (Lipinski definition) is 1. The largest absolute Gasteiger partial charge is 0.474 e. The molecule has 4 heteroatoms. The van der Waals surface area contributed by atoms with Crippen LogP contribution in [0.15, 0.2) is 6.07 Å². The van der Waals surface area contributed by atoms with Crippen LogP contribution in [-0.2, 0) is 24.1 Å². The highest BCUT2D eigenvalue weighted by molar-refractivity contribution is 5.36. The number of hydrogen-bond acceptors (Lipinski definition) is 4. The van der Waals surface area contributed by atoms with E-state index in [2.05, 4.69) is 19.9 Å². The van der Waals surface area contributed by atoms with Crippen molar-refractivity contribution in [1.29, 1.82) is 0 Å². The normalized spacial score (nSPS) is 29.0. The van der Waals surface area contributed by atoms with Crippen molar-refractivity contribution in [2.75, 3.05) is 0 Å². The van der Waals surface area contributed by atoms with Crippen LogP contribution in [0.4, 0.5) is 0 Å². The zero-order chi connectivity index (χ0) is 14.8. The smallest absolute Gasteiger partial charge is 0.218 e. The van der Waals surface area contributed by atoms with E-state index >= 15 is 0 Å². The summed E-state index contributed by atoms with van der Waals surface area (Å²) in [6, 6.07) is 2.21. The van der Waals surface area contributed by atoms with Crippen molar-refractivity contribution >= 4 is 0 Å². The minimum Gasteiger partial charge on any atom is -0.474 e. The second-order valence-corrected chi connectivity index (χ2v) is 6.44. The molecule has 2 atom stereocenters. The first-order valence-corrected chi connectivity index (χ1v) is 8.19. The number of nitrogens with two attached hydrogens (primary N) is 1. The van der Waals surface area contributed by atoms with Gasteiger partial charge in [-0.1, -0.05) is 0 Å². The third-order valence-electron chi connectivity index (χ3n) is 4.49. The molecule has 0 spiro atoms. The molecule has 1 aromatic heterocycles. The molecule has 1 aliphatic carbocycles. The Balaban J connectivity index is 1.80. The molecule has 3 rings (SSSR count). The van der Waals surface area contributed by atoms with Crippen LogP contribution < -0.4 is 10.5 Å². The highest BCUT2D eigenvalue weighted by Gasteiger charge is 2.27. The van der Waals surface area contributed by atoms with E-state index < -0.39 is 0 Å². The van der Waals surface area contributed by atoms with Crippen LogP contribution in [0.1, 0.15) is 56.4 Å². The molecule has 1 aromatic rings. The molecule has 0 aromatic carbocycles. The van der Waals surface area contributed by atoms with Crippen molar-refractivity contribution in [2.45, 2.75) is 77.2 Å². The Kier molecular flexibility index (Phi) is 4.45. The van der Waals surface area contributed by atoms with Crippen molar-refractivity contribution in [3.8, 4) is 5.88 Å². The summed E-state index contributed by atoms with van der Waals surface area (Å²) >= 11 is 0. The van der Waals surface area contributed by atoms with Gasteiger partial charge < -0.3 is 15.2 Å². The molecule has 0 bridgehead atoms. The van der Waals surface area contributed by atoms with E-state index in [0.717, 1.165) is 37.1 Å². The van der Waals surface area contributed by atoms with Crippen molar-refractivity contribution in [1.82, 2.24) is 4.98 Å². The molecular weight excluding hydrogens is 264 g/mol. The second kappa shape index (κ2) is 6.32. The molecule has 1 aliphatic heterocycles. The van der Waals surface area contributed by atoms with Gasteiger partial charge in [-0.05, 0) is 51.2 Å². The van der Waals surface area contributed by atoms with Gasteiger partial charge >= 0.3 is 0 Å². The second-order valence-electron chi connectivity index (χ2n) is 6.44. The molecule has 116 valence electrons. The van der Waals surface area contributed by atoms with Gasteiger partial charge in [0.2, 0.25) is 5.88 Å². The quantitative estimate of drug-likeness (QED) is 0.930. The maximum Gasteiger partial charge on any atom is 0.218 e. The molecule has 2 unspecified atom stereocenters. The van der Waals surface area contributed by atoms with E-state index in [4.69, 9.17) is 20.2 Å². The van der Waals surface area contributed by atoms with Gasteiger partial charge in [0.1, 0.15) is 6.10 Å². The summed E-state index contributed by atoms with van der Waals surface area (Å²) in [5.74, 6) is 0.754. The lowest BCUT2D eigenvalue weighted by Gasteiger charge is -2.32. The van der Waals surface area contributed by atoms with Gasteiger partial charge in [-0.15, -0.1) is 0 Å². The van der Waals surface area contributed by atoms with Crippen LogP contribution in [0.2, 0.25) is 0 Å². The van der Waals surface area contributed by atoms with Gasteiger partial charge in [-0.2, -0.15) is 0 Å². The molecule has 4 nitrogen and oxygen atoms in total. The Bertz CT molecular complexity index is 494. The van der Waals surface area contributed by atoms with Crippen LogP contribution in [-0.4, -0.2) is 23.3 Å². The summed E-state index contributed by atoms with van der Waals surface area (Å²) in [5.41, 5.74) is 9.52. The van der Waals surface area contributed by atoms with E-state index in [9.17, 15) is 0 Å². The maximum absolute atomic E-state index is 6.21. The van der Waals surface area contributed by atoms with Crippen molar-refractivity contribution in [3.05, 3.63) is 22.9 Å². The number of rotatable bonds is 3. The van der Waals surface area contributed by atoms with Gasteiger partial charge in [-0.25, -0.2) is 4.98 Å². The van der Waals surface area contributed by atoms with Gasteiger partial charge in [0.05, 0.1) is 12.2 Å². The van der Waals surface area contributed by atoms with Gasteiger partial charge in [0.15, 0.2) is 0 Å². The molecule has 1 fully saturated rings. The number of aryl methyl sites for hydroxylation is 2. The number of pyridine rings is 1. The molecule has 0 amide bonds. The highest BCUT2D eigenvalue weighted by atomic mass is 16.5. The van der Waals surface area contributed by atoms with Gasteiger partial charge in [0, 0.05) is 30.6 Å². The summed E-state index contributed by atoms with van der Waals surface area (Å²) in [5, 5.41) is 0. The molecule has 21 heavy (non-hydrogen) atoms. The topological polar surface area (TPSA) is 57.4 Å². The lowest BCUT2D eigenvalue weighted by Crippen LogP contribution is -2.36. The minimum atomic E-state index is 0.184. The Morgan fingerprint density at radius 3 is 2.67 bits per heavy atom. The third-order valence-corrected chi connectivity index (χ3v) is 4.49. The van der Waals surface area contributed by atoms with Crippen molar-refractivity contribution < 1.29 is 9.47 Å². The summed E-state index contributed by atoms with van der Waals surface area (Å²) in [7, 11) is 0. The lowest BCUT2D eigenvalue weighted by atomic mass is 9.95. The fourth-order valence-electron chi connectivity index (χ4n) is 3.51. The molecule has 2 aliphatic rings. The predicted molar refractivity (Wildman–Crippen MR) is 82.4 cm³/mol. The monoisotopic (exact) mass is 290 g/mol. The average molecular weight is 290 g/mol. The standard InChI is InChI=1S/C17H26N2O2/c1-11-7-15(8-12(2)20-11)21-17-14(10-18)9-13-5-3-4-6-16(13)19-17/h9,11-12,15H,3-8,10,18H2,1-2H3. The van der Waals surface area contributed by atoms with Crippen LogP contribution in [0.5, 0.6) is 5.88 Å². The van der Waals surface area contributed by atoms with E-state index in [0.29, 0.717) is 6.54 Å². The van der Waals surface area contributed by atoms with E-state index in [1.54, 1.807) is 0 Å². The van der Waals surface area contributed by atoms with Crippen LogP contribution in [0.3, 0.4) is 0 Å². The SMILES string of the molecule is CC1CC(Oc2nc3c(cc2CN)CCCC3)CC(C)O1. The average Bonchev–Trinajstić information content (AvgIpc) is 2.45.